The van der Waals surface area contributed by atoms with Crippen LogP contribution in [-0.4, -0.2) is 73.5 Å². The molecule has 172 valence electrons. The topological polar surface area (TPSA) is 90.0 Å². The SMILES string of the molecule is CNC(=O)[C@H]1CN(c2ccc(CN3[C@@H](C)CCC(C)S3(=O)=O)c(F)c2)CCN1C(C)=O. The minimum absolute atomic E-state index is 0.00106. The van der Waals surface area contributed by atoms with Crippen LogP contribution in [0.2, 0.25) is 0 Å². The van der Waals surface area contributed by atoms with E-state index in [0.717, 1.165) is 6.42 Å². The predicted octanol–water partition coefficient (Wildman–Crippen LogP) is 1.31. The molecule has 2 amide bonds. The maximum Gasteiger partial charge on any atom is 0.244 e. The fraction of sp³-hybridized carbons (Fsp3) is 0.619. The number of halogens is 1. The fourth-order valence-electron chi connectivity index (χ4n) is 4.31. The van der Waals surface area contributed by atoms with Gasteiger partial charge in [-0.15, -0.1) is 0 Å². The first-order chi connectivity index (χ1) is 14.6. The third-order valence-electron chi connectivity index (χ3n) is 6.38. The van der Waals surface area contributed by atoms with Gasteiger partial charge in [-0.3, -0.25) is 9.59 Å². The van der Waals surface area contributed by atoms with Crippen molar-refractivity contribution in [3.05, 3.63) is 29.6 Å². The van der Waals surface area contributed by atoms with Crippen LogP contribution in [0.4, 0.5) is 10.1 Å². The molecule has 8 nitrogen and oxygen atoms in total. The second kappa shape index (κ2) is 9.12. The average Bonchev–Trinajstić information content (AvgIpc) is 2.74. The summed E-state index contributed by atoms with van der Waals surface area (Å²) in [4.78, 5) is 27.5. The minimum Gasteiger partial charge on any atom is -0.367 e. The minimum atomic E-state index is -3.46. The number of benzene rings is 1. The summed E-state index contributed by atoms with van der Waals surface area (Å²) in [5, 5.41) is 2.11. The van der Waals surface area contributed by atoms with Crippen molar-refractivity contribution in [1.29, 1.82) is 0 Å². The Morgan fingerprint density at radius 3 is 2.52 bits per heavy atom. The molecule has 0 bridgehead atoms. The summed E-state index contributed by atoms with van der Waals surface area (Å²) in [5.74, 6) is -0.931. The number of anilines is 1. The van der Waals surface area contributed by atoms with Crippen LogP contribution < -0.4 is 10.2 Å². The number of carbonyl (C=O) groups is 2. The van der Waals surface area contributed by atoms with Gasteiger partial charge in [-0.1, -0.05) is 6.07 Å². The van der Waals surface area contributed by atoms with Crippen molar-refractivity contribution in [2.24, 2.45) is 0 Å². The Labute approximate surface area is 183 Å². The molecule has 2 heterocycles. The lowest BCUT2D eigenvalue weighted by molar-refractivity contribution is -0.139. The van der Waals surface area contributed by atoms with Crippen molar-refractivity contribution in [3.8, 4) is 0 Å². The van der Waals surface area contributed by atoms with Crippen LogP contribution >= 0.6 is 0 Å². The van der Waals surface area contributed by atoms with Crippen molar-refractivity contribution in [2.45, 2.75) is 57.5 Å². The van der Waals surface area contributed by atoms with Gasteiger partial charge in [-0.25, -0.2) is 12.8 Å². The van der Waals surface area contributed by atoms with Crippen LogP contribution in [0.25, 0.3) is 0 Å². The largest absolute Gasteiger partial charge is 0.367 e. The number of amides is 2. The molecule has 0 saturated carbocycles. The second-order valence-electron chi connectivity index (χ2n) is 8.39. The number of nitrogens with zero attached hydrogens (tertiary/aromatic N) is 3. The van der Waals surface area contributed by atoms with E-state index < -0.39 is 27.1 Å². The van der Waals surface area contributed by atoms with Gasteiger partial charge in [0.1, 0.15) is 11.9 Å². The highest BCUT2D eigenvalue weighted by molar-refractivity contribution is 7.89. The standard InChI is InChI=1S/C21H31FN4O4S/c1-14-5-6-15(2)31(29,30)26(14)12-17-7-8-18(11-19(17)22)24-9-10-25(16(3)27)20(13-24)21(28)23-4/h7-8,11,14-15,20H,5-6,9-10,12-13H2,1-4H3,(H,23,28)/t14-,15?,20+/m0/s1. The molecule has 1 unspecified atom stereocenters. The Bertz CT molecular complexity index is 955. The second-order valence-corrected chi connectivity index (χ2v) is 10.7. The van der Waals surface area contributed by atoms with Gasteiger partial charge >= 0.3 is 0 Å². The number of sulfonamides is 1. The molecule has 2 fully saturated rings. The molecule has 3 rings (SSSR count). The van der Waals surface area contributed by atoms with Gasteiger partial charge < -0.3 is 15.1 Å². The summed E-state index contributed by atoms with van der Waals surface area (Å²) in [6.45, 7) is 6.06. The van der Waals surface area contributed by atoms with E-state index >= 15 is 0 Å². The predicted molar refractivity (Wildman–Crippen MR) is 116 cm³/mol. The summed E-state index contributed by atoms with van der Waals surface area (Å²) >= 11 is 0. The van der Waals surface area contributed by atoms with E-state index in [1.165, 1.54) is 29.2 Å². The Kier molecular flexibility index (Phi) is 6.90. The quantitative estimate of drug-likeness (QED) is 0.741. The van der Waals surface area contributed by atoms with Crippen LogP contribution in [0.1, 0.15) is 39.2 Å². The highest BCUT2D eigenvalue weighted by Crippen LogP contribution is 2.29. The van der Waals surface area contributed by atoms with E-state index in [4.69, 9.17) is 0 Å². The third-order valence-corrected chi connectivity index (χ3v) is 8.78. The number of nitrogens with one attached hydrogen (secondary N) is 1. The summed E-state index contributed by atoms with van der Waals surface area (Å²) in [6, 6.07) is 3.91. The first-order valence-corrected chi connectivity index (χ1v) is 12.1. The van der Waals surface area contributed by atoms with Crippen LogP contribution in [0.15, 0.2) is 18.2 Å². The van der Waals surface area contributed by atoms with Crippen LogP contribution in [0.5, 0.6) is 0 Å². The number of carbonyl (C=O) groups excluding carboxylic acids is 2. The molecule has 10 heteroatoms. The van der Waals surface area contributed by atoms with Gasteiger partial charge in [0.25, 0.3) is 0 Å². The molecular formula is C21H31FN4O4S. The number of hydrogen-bond donors (Lipinski definition) is 1. The van der Waals surface area contributed by atoms with Gasteiger partial charge in [0.05, 0.1) is 5.25 Å². The molecule has 1 aromatic carbocycles. The molecule has 0 radical (unpaired) electrons. The van der Waals surface area contributed by atoms with E-state index in [2.05, 4.69) is 5.32 Å². The van der Waals surface area contributed by atoms with Gasteiger partial charge in [-0.2, -0.15) is 4.31 Å². The molecule has 0 spiro atoms. The number of rotatable bonds is 4. The lowest BCUT2D eigenvalue weighted by Gasteiger charge is -2.41. The third kappa shape index (κ3) is 4.69. The lowest BCUT2D eigenvalue weighted by Crippen LogP contribution is -2.60. The van der Waals surface area contributed by atoms with Crippen molar-refractivity contribution in [1.82, 2.24) is 14.5 Å². The summed E-state index contributed by atoms with van der Waals surface area (Å²) in [6.07, 6.45) is 1.36. The van der Waals surface area contributed by atoms with E-state index in [9.17, 15) is 22.4 Å². The lowest BCUT2D eigenvalue weighted by atomic mass is 10.1. The fourth-order valence-corrected chi connectivity index (χ4v) is 6.13. The Morgan fingerprint density at radius 1 is 1.19 bits per heavy atom. The first-order valence-electron chi connectivity index (χ1n) is 10.6. The van der Waals surface area contributed by atoms with Crippen LogP contribution in [0, 0.1) is 5.82 Å². The van der Waals surface area contributed by atoms with E-state index in [1.54, 1.807) is 19.1 Å². The molecular weight excluding hydrogens is 423 g/mol. The molecule has 2 aliphatic rings. The molecule has 31 heavy (non-hydrogen) atoms. The zero-order valence-electron chi connectivity index (χ0n) is 18.5. The molecule has 1 aromatic rings. The maximum atomic E-state index is 15.0. The Morgan fingerprint density at radius 2 is 1.90 bits per heavy atom. The highest BCUT2D eigenvalue weighted by Gasteiger charge is 2.38. The van der Waals surface area contributed by atoms with E-state index in [-0.39, 0.29) is 30.9 Å². The smallest absolute Gasteiger partial charge is 0.244 e. The van der Waals surface area contributed by atoms with E-state index in [1.807, 2.05) is 11.8 Å². The first kappa shape index (κ1) is 23.5. The zero-order chi connectivity index (χ0) is 22.9. The number of likely N-dealkylation sites (N-methyl/N-ethyl adjacent to an activating group) is 1. The molecule has 3 atom stereocenters. The molecule has 0 aromatic heterocycles. The van der Waals surface area contributed by atoms with Crippen molar-refractivity contribution in [3.63, 3.8) is 0 Å². The Balaban J connectivity index is 1.79. The number of hydrogen-bond acceptors (Lipinski definition) is 5. The monoisotopic (exact) mass is 454 g/mol. The summed E-state index contributed by atoms with van der Waals surface area (Å²) in [7, 11) is -1.94. The van der Waals surface area contributed by atoms with Gasteiger partial charge in [-0.05, 0) is 38.8 Å². The molecule has 2 aliphatic heterocycles. The molecule has 2 saturated heterocycles. The van der Waals surface area contributed by atoms with Gasteiger partial charge in [0.15, 0.2) is 0 Å². The zero-order valence-corrected chi connectivity index (χ0v) is 19.3. The highest BCUT2D eigenvalue weighted by atomic mass is 32.2. The van der Waals surface area contributed by atoms with Gasteiger partial charge in [0.2, 0.25) is 21.8 Å². The van der Waals surface area contributed by atoms with Crippen LogP contribution in [-0.2, 0) is 26.2 Å². The van der Waals surface area contributed by atoms with Crippen LogP contribution in [0.3, 0.4) is 0 Å². The summed E-state index contributed by atoms with van der Waals surface area (Å²) < 4.78 is 41.8. The average molecular weight is 455 g/mol. The molecule has 0 aliphatic carbocycles. The summed E-state index contributed by atoms with van der Waals surface area (Å²) in [5.41, 5.74) is 0.916. The van der Waals surface area contributed by atoms with E-state index in [0.29, 0.717) is 30.8 Å². The van der Waals surface area contributed by atoms with Gasteiger partial charge in [0, 0.05) is 57.4 Å². The Hall–Kier alpha value is -2.20. The van der Waals surface area contributed by atoms with Crippen molar-refractivity contribution >= 4 is 27.5 Å². The molecule has 1 N–H and O–H groups in total. The maximum absolute atomic E-state index is 15.0. The number of piperazine rings is 1. The van der Waals surface area contributed by atoms with Crippen molar-refractivity contribution in [2.75, 3.05) is 31.6 Å². The van der Waals surface area contributed by atoms with Crippen molar-refractivity contribution < 1.29 is 22.4 Å². The normalized spacial score (nSPS) is 26.5.